The number of morpholine rings is 1. The molecule has 0 aromatic rings. The molecule has 0 aromatic carbocycles. The second kappa shape index (κ2) is 8.48. The van der Waals surface area contributed by atoms with E-state index in [0.29, 0.717) is 6.54 Å². The number of amides is 2. The lowest BCUT2D eigenvalue weighted by atomic mass is 10.1. The van der Waals surface area contributed by atoms with Gasteiger partial charge in [0.25, 0.3) is 0 Å². The molecule has 2 rings (SSSR count). The molecule has 1 atom stereocenters. The summed E-state index contributed by atoms with van der Waals surface area (Å²) in [6, 6.07) is 0.692. The third-order valence-electron chi connectivity index (χ3n) is 4.39. The maximum Gasteiger partial charge on any atom is 0.309 e. The van der Waals surface area contributed by atoms with Gasteiger partial charge in [-0.15, -0.1) is 0 Å². The highest BCUT2D eigenvalue weighted by molar-refractivity contribution is 6.35. The van der Waals surface area contributed by atoms with Gasteiger partial charge >= 0.3 is 11.8 Å². The summed E-state index contributed by atoms with van der Waals surface area (Å²) in [7, 11) is 0. The summed E-state index contributed by atoms with van der Waals surface area (Å²) < 4.78 is 5.78. The van der Waals surface area contributed by atoms with Gasteiger partial charge in [0, 0.05) is 31.7 Å². The van der Waals surface area contributed by atoms with Crippen LogP contribution in [0.4, 0.5) is 0 Å². The van der Waals surface area contributed by atoms with Gasteiger partial charge in [0.05, 0.1) is 12.7 Å². The molecule has 2 N–H and O–H groups in total. The molecular formula is C16H29N3O3. The summed E-state index contributed by atoms with van der Waals surface area (Å²) >= 11 is 0. The van der Waals surface area contributed by atoms with Crippen molar-refractivity contribution in [1.29, 1.82) is 0 Å². The predicted molar refractivity (Wildman–Crippen MR) is 84.5 cm³/mol. The van der Waals surface area contributed by atoms with Gasteiger partial charge in [-0.25, -0.2) is 0 Å². The van der Waals surface area contributed by atoms with Crippen LogP contribution in [-0.2, 0) is 14.3 Å². The Bertz CT molecular complexity index is 381. The Morgan fingerprint density at radius 3 is 2.64 bits per heavy atom. The van der Waals surface area contributed by atoms with E-state index in [1.807, 2.05) is 13.8 Å². The van der Waals surface area contributed by atoms with Crippen molar-refractivity contribution >= 4 is 11.8 Å². The van der Waals surface area contributed by atoms with Gasteiger partial charge in [0.1, 0.15) is 0 Å². The van der Waals surface area contributed by atoms with Crippen LogP contribution in [0.2, 0.25) is 0 Å². The topological polar surface area (TPSA) is 70.7 Å². The number of rotatable bonds is 5. The molecule has 0 unspecified atom stereocenters. The molecular weight excluding hydrogens is 282 g/mol. The lowest BCUT2D eigenvalue weighted by Crippen LogP contribution is -2.48. The Hall–Kier alpha value is -1.14. The van der Waals surface area contributed by atoms with Gasteiger partial charge in [-0.05, 0) is 33.1 Å². The van der Waals surface area contributed by atoms with Crippen LogP contribution in [0.5, 0.6) is 0 Å². The molecule has 22 heavy (non-hydrogen) atoms. The number of nitrogens with one attached hydrogen (secondary N) is 2. The number of carbonyl (C=O) groups is 2. The number of carbonyl (C=O) groups excluding carboxylic acids is 2. The third-order valence-corrected chi connectivity index (χ3v) is 4.39. The minimum atomic E-state index is -0.563. The lowest BCUT2D eigenvalue weighted by Gasteiger charge is -2.36. The molecule has 6 nitrogen and oxygen atoms in total. The van der Waals surface area contributed by atoms with Crippen LogP contribution in [0.15, 0.2) is 0 Å². The van der Waals surface area contributed by atoms with Crippen LogP contribution < -0.4 is 10.6 Å². The standard InChI is InChI=1S/C16H29N3O3/c1-12(2)18-16(21)15(20)17-8-7-14-11-19(9-10-22-14)13-5-3-4-6-13/h12-14H,3-11H2,1-2H3,(H,17,20)(H,18,21)/t14-/m0/s1. The molecule has 2 fully saturated rings. The highest BCUT2D eigenvalue weighted by atomic mass is 16.5. The lowest BCUT2D eigenvalue weighted by molar-refractivity contribution is -0.139. The van der Waals surface area contributed by atoms with Gasteiger partial charge in [-0.1, -0.05) is 12.8 Å². The first-order valence-electron chi connectivity index (χ1n) is 8.50. The normalized spacial score (nSPS) is 23.7. The summed E-state index contributed by atoms with van der Waals surface area (Å²) in [5.41, 5.74) is 0. The Balaban J connectivity index is 1.65. The molecule has 0 bridgehead atoms. The van der Waals surface area contributed by atoms with Crippen molar-refractivity contribution in [3.8, 4) is 0 Å². The van der Waals surface area contributed by atoms with Gasteiger partial charge in [0.2, 0.25) is 0 Å². The number of hydrogen-bond donors (Lipinski definition) is 2. The highest BCUT2D eigenvalue weighted by Gasteiger charge is 2.28. The van der Waals surface area contributed by atoms with Crippen LogP contribution in [0.25, 0.3) is 0 Å². The monoisotopic (exact) mass is 311 g/mol. The van der Waals surface area contributed by atoms with E-state index < -0.39 is 11.8 Å². The van der Waals surface area contributed by atoms with Crippen LogP contribution in [0.3, 0.4) is 0 Å². The summed E-state index contributed by atoms with van der Waals surface area (Å²) in [5, 5.41) is 5.25. The Labute approximate surface area is 132 Å². The summed E-state index contributed by atoms with van der Waals surface area (Å²) in [6.07, 6.45) is 6.20. The zero-order valence-corrected chi connectivity index (χ0v) is 13.8. The fraction of sp³-hybridized carbons (Fsp3) is 0.875. The van der Waals surface area contributed by atoms with Crippen LogP contribution >= 0.6 is 0 Å². The van der Waals surface area contributed by atoms with Crippen LogP contribution in [0, 0.1) is 0 Å². The average molecular weight is 311 g/mol. The van der Waals surface area contributed by atoms with Crippen LogP contribution in [0.1, 0.15) is 46.0 Å². The smallest absolute Gasteiger partial charge is 0.309 e. The summed E-state index contributed by atoms with van der Waals surface area (Å²) in [6.45, 7) is 6.87. The van der Waals surface area contributed by atoms with Gasteiger partial charge in [0.15, 0.2) is 0 Å². The summed E-state index contributed by atoms with van der Waals surface area (Å²) in [5.74, 6) is -1.12. The molecule has 0 radical (unpaired) electrons. The van der Waals surface area contributed by atoms with E-state index in [-0.39, 0.29) is 12.1 Å². The van der Waals surface area contributed by atoms with E-state index in [2.05, 4.69) is 15.5 Å². The number of ether oxygens (including phenoxy) is 1. The highest BCUT2D eigenvalue weighted by Crippen LogP contribution is 2.25. The fourth-order valence-corrected chi connectivity index (χ4v) is 3.27. The van der Waals surface area contributed by atoms with E-state index in [1.54, 1.807) is 0 Å². The van der Waals surface area contributed by atoms with Crippen molar-refractivity contribution in [2.24, 2.45) is 0 Å². The second-order valence-corrected chi connectivity index (χ2v) is 6.60. The molecule has 1 aliphatic heterocycles. The number of nitrogens with zero attached hydrogens (tertiary/aromatic N) is 1. The van der Waals surface area contributed by atoms with E-state index in [1.165, 1.54) is 25.7 Å². The van der Waals surface area contributed by atoms with Crippen molar-refractivity contribution in [3.05, 3.63) is 0 Å². The Morgan fingerprint density at radius 2 is 1.95 bits per heavy atom. The van der Waals surface area contributed by atoms with E-state index >= 15 is 0 Å². The Kier molecular flexibility index (Phi) is 6.64. The number of hydrogen-bond acceptors (Lipinski definition) is 4. The largest absolute Gasteiger partial charge is 0.375 e. The fourth-order valence-electron chi connectivity index (χ4n) is 3.27. The first-order chi connectivity index (χ1) is 10.6. The van der Waals surface area contributed by atoms with Gasteiger partial charge in [-0.2, -0.15) is 0 Å². The molecule has 126 valence electrons. The first kappa shape index (κ1) is 17.2. The maximum atomic E-state index is 11.6. The van der Waals surface area contributed by atoms with Gasteiger partial charge in [-0.3, -0.25) is 14.5 Å². The van der Waals surface area contributed by atoms with Gasteiger partial charge < -0.3 is 15.4 Å². The van der Waals surface area contributed by atoms with Crippen molar-refractivity contribution in [2.75, 3.05) is 26.2 Å². The SMILES string of the molecule is CC(C)NC(=O)C(=O)NCC[C@H]1CN(C2CCCC2)CCO1. The summed E-state index contributed by atoms with van der Waals surface area (Å²) in [4.78, 5) is 25.7. The third kappa shape index (κ3) is 5.25. The van der Waals surface area contributed by atoms with E-state index in [4.69, 9.17) is 4.74 Å². The Morgan fingerprint density at radius 1 is 1.23 bits per heavy atom. The molecule has 1 aliphatic carbocycles. The van der Waals surface area contributed by atoms with Crippen molar-refractivity contribution in [3.63, 3.8) is 0 Å². The molecule has 0 spiro atoms. The second-order valence-electron chi connectivity index (χ2n) is 6.60. The molecule has 1 saturated heterocycles. The molecule has 2 amide bonds. The molecule has 0 aromatic heterocycles. The first-order valence-corrected chi connectivity index (χ1v) is 8.50. The average Bonchev–Trinajstić information content (AvgIpc) is 3.01. The van der Waals surface area contributed by atoms with Crippen molar-refractivity contribution in [2.45, 2.75) is 64.1 Å². The minimum absolute atomic E-state index is 0.0279. The van der Waals surface area contributed by atoms with Crippen molar-refractivity contribution < 1.29 is 14.3 Å². The van der Waals surface area contributed by atoms with E-state index in [9.17, 15) is 9.59 Å². The van der Waals surface area contributed by atoms with E-state index in [0.717, 1.165) is 32.2 Å². The zero-order chi connectivity index (χ0) is 15.9. The predicted octanol–water partition coefficient (Wildman–Crippen LogP) is 0.661. The zero-order valence-electron chi connectivity index (χ0n) is 13.8. The molecule has 1 heterocycles. The molecule has 1 saturated carbocycles. The quantitative estimate of drug-likeness (QED) is 0.732. The molecule has 2 aliphatic rings. The van der Waals surface area contributed by atoms with Crippen molar-refractivity contribution in [1.82, 2.24) is 15.5 Å². The maximum absolute atomic E-state index is 11.6. The molecule has 6 heteroatoms. The van der Waals surface area contributed by atoms with Crippen LogP contribution in [-0.4, -0.2) is 61.1 Å². The minimum Gasteiger partial charge on any atom is -0.375 e.